The fourth-order valence-corrected chi connectivity index (χ4v) is 1.65. The lowest BCUT2D eigenvalue weighted by Gasteiger charge is -2.00. The molecule has 4 heteroatoms. The van der Waals surface area contributed by atoms with Gasteiger partial charge in [0.25, 0.3) is 5.69 Å². The van der Waals surface area contributed by atoms with E-state index in [1.807, 2.05) is 0 Å². The van der Waals surface area contributed by atoms with Crippen LogP contribution in [0, 0.1) is 10.1 Å². The summed E-state index contributed by atoms with van der Waals surface area (Å²) in [5.41, 5.74) is 0.0880. The van der Waals surface area contributed by atoms with Gasteiger partial charge in [0.1, 0.15) is 0 Å². The third kappa shape index (κ3) is 1.32. The third-order valence-electron chi connectivity index (χ3n) is 2.04. The quantitative estimate of drug-likeness (QED) is 0.531. The summed E-state index contributed by atoms with van der Waals surface area (Å²) in [6, 6.07) is 9.99. The normalized spacial score (nSPS) is 10.4. The van der Waals surface area contributed by atoms with Crippen LogP contribution in [0.25, 0.3) is 10.8 Å². The molecule has 0 amide bonds. The average Bonchev–Trinajstić information content (AvgIpc) is 2.17. The molecule has 2 aromatic carbocycles. The van der Waals surface area contributed by atoms with Gasteiger partial charge in [0.2, 0.25) is 0 Å². The van der Waals surface area contributed by atoms with Crippen molar-refractivity contribution in [3.63, 3.8) is 0 Å². The Bertz CT molecular complexity index is 510. The summed E-state index contributed by atoms with van der Waals surface area (Å²) >= 11 is 5.91. The van der Waals surface area contributed by atoms with Crippen molar-refractivity contribution >= 4 is 28.1 Å². The first-order valence-corrected chi connectivity index (χ1v) is 4.39. The summed E-state index contributed by atoms with van der Waals surface area (Å²) in [6.45, 7) is 0. The number of nitrogens with zero attached hydrogens (tertiary/aromatic N) is 1. The highest BCUT2D eigenvalue weighted by molar-refractivity contribution is 6.35. The molecule has 0 atom stereocenters. The van der Waals surface area contributed by atoms with Gasteiger partial charge in [-0.3, -0.25) is 10.1 Å². The maximum atomic E-state index is 10.7. The molecule has 0 heterocycles. The van der Waals surface area contributed by atoms with Gasteiger partial charge in [-0.15, -0.1) is 0 Å². The van der Waals surface area contributed by atoms with Crippen LogP contribution < -0.4 is 0 Å². The van der Waals surface area contributed by atoms with Crippen LogP contribution in [-0.4, -0.2) is 4.92 Å². The van der Waals surface area contributed by atoms with Crippen LogP contribution >= 0.6 is 11.6 Å². The number of nitro benzene ring substituents is 1. The first-order chi connectivity index (χ1) is 6.70. The largest absolute Gasteiger partial charge is 0.277 e. The second-order valence-electron chi connectivity index (χ2n) is 2.87. The third-order valence-corrected chi connectivity index (χ3v) is 2.37. The molecule has 0 radical (unpaired) electrons. The van der Waals surface area contributed by atoms with Crippen molar-refractivity contribution in [3.8, 4) is 0 Å². The van der Waals surface area contributed by atoms with Crippen molar-refractivity contribution in [2.45, 2.75) is 0 Å². The van der Waals surface area contributed by atoms with E-state index in [1.54, 1.807) is 30.3 Å². The summed E-state index contributed by atoms with van der Waals surface area (Å²) in [7, 11) is 0. The SMILES string of the molecule is O=[N+]([O-])c1cccc2c(Cl)cccc12. The molecule has 2 aromatic rings. The maximum Gasteiger partial charge on any atom is 0.277 e. The summed E-state index contributed by atoms with van der Waals surface area (Å²) < 4.78 is 0. The van der Waals surface area contributed by atoms with Gasteiger partial charge >= 0.3 is 0 Å². The zero-order valence-corrected chi connectivity index (χ0v) is 7.86. The number of benzene rings is 2. The van der Waals surface area contributed by atoms with E-state index in [9.17, 15) is 10.1 Å². The Morgan fingerprint density at radius 1 is 1.07 bits per heavy atom. The van der Waals surface area contributed by atoms with E-state index in [4.69, 9.17) is 11.6 Å². The van der Waals surface area contributed by atoms with Crippen molar-refractivity contribution in [1.29, 1.82) is 0 Å². The van der Waals surface area contributed by atoms with Crippen LogP contribution in [0.3, 0.4) is 0 Å². The van der Waals surface area contributed by atoms with E-state index >= 15 is 0 Å². The lowest BCUT2D eigenvalue weighted by atomic mass is 10.1. The first-order valence-electron chi connectivity index (χ1n) is 4.02. The number of nitro groups is 1. The van der Waals surface area contributed by atoms with E-state index < -0.39 is 4.92 Å². The Kier molecular flexibility index (Phi) is 2.09. The number of fused-ring (bicyclic) bond motifs is 1. The highest BCUT2D eigenvalue weighted by Gasteiger charge is 2.11. The molecule has 0 aliphatic heterocycles. The van der Waals surface area contributed by atoms with E-state index in [1.165, 1.54) is 6.07 Å². The Morgan fingerprint density at radius 3 is 2.43 bits per heavy atom. The molecule has 0 N–H and O–H groups in total. The lowest BCUT2D eigenvalue weighted by molar-refractivity contribution is -0.383. The highest BCUT2D eigenvalue weighted by Crippen LogP contribution is 2.29. The number of rotatable bonds is 1. The van der Waals surface area contributed by atoms with E-state index in [0.717, 1.165) is 0 Å². The molecule has 0 bridgehead atoms. The molecule has 3 nitrogen and oxygen atoms in total. The number of hydrogen-bond donors (Lipinski definition) is 0. The van der Waals surface area contributed by atoms with Crippen molar-refractivity contribution in [1.82, 2.24) is 0 Å². The first kappa shape index (κ1) is 8.97. The van der Waals surface area contributed by atoms with Crippen LogP contribution in [0.1, 0.15) is 0 Å². The molecule has 0 aliphatic carbocycles. The van der Waals surface area contributed by atoms with E-state index in [2.05, 4.69) is 0 Å². The van der Waals surface area contributed by atoms with Crippen LogP contribution in [0.15, 0.2) is 36.4 Å². The second-order valence-corrected chi connectivity index (χ2v) is 3.28. The van der Waals surface area contributed by atoms with Gasteiger partial charge in [0, 0.05) is 16.5 Å². The van der Waals surface area contributed by atoms with Crippen molar-refractivity contribution in [2.24, 2.45) is 0 Å². The number of hydrogen-bond acceptors (Lipinski definition) is 2. The molecule has 0 spiro atoms. The summed E-state index contributed by atoms with van der Waals surface area (Å²) in [4.78, 5) is 10.3. The van der Waals surface area contributed by atoms with Gasteiger partial charge in [-0.1, -0.05) is 29.8 Å². The van der Waals surface area contributed by atoms with Crippen LogP contribution in [0.5, 0.6) is 0 Å². The Balaban J connectivity index is 2.88. The molecule has 70 valence electrons. The van der Waals surface area contributed by atoms with Gasteiger partial charge in [-0.25, -0.2) is 0 Å². The van der Waals surface area contributed by atoms with E-state index in [0.29, 0.717) is 15.8 Å². The van der Waals surface area contributed by atoms with Gasteiger partial charge in [0.15, 0.2) is 0 Å². The molecule has 0 unspecified atom stereocenters. The molecule has 0 saturated carbocycles. The molecular formula is C10H6ClNO2. The van der Waals surface area contributed by atoms with Crippen LogP contribution in [-0.2, 0) is 0 Å². The van der Waals surface area contributed by atoms with Crippen LogP contribution in [0.4, 0.5) is 5.69 Å². The fraction of sp³-hybridized carbons (Fsp3) is 0. The summed E-state index contributed by atoms with van der Waals surface area (Å²) in [6.07, 6.45) is 0. The molecule has 14 heavy (non-hydrogen) atoms. The topological polar surface area (TPSA) is 43.1 Å². The molecule has 2 rings (SSSR count). The maximum absolute atomic E-state index is 10.7. The minimum atomic E-state index is -0.404. The molecule has 0 saturated heterocycles. The molecule has 0 aliphatic rings. The fourth-order valence-electron chi connectivity index (χ4n) is 1.41. The van der Waals surface area contributed by atoms with Crippen molar-refractivity contribution < 1.29 is 4.92 Å². The highest BCUT2D eigenvalue weighted by atomic mass is 35.5. The van der Waals surface area contributed by atoms with Gasteiger partial charge < -0.3 is 0 Å². The van der Waals surface area contributed by atoms with Gasteiger partial charge in [0.05, 0.1) is 10.3 Å². The number of halogens is 1. The van der Waals surface area contributed by atoms with Gasteiger partial charge in [-0.05, 0) is 12.1 Å². The zero-order valence-electron chi connectivity index (χ0n) is 7.11. The zero-order chi connectivity index (χ0) is 10.1. The predicted octanol–water partition coefficient (Wildman–Crippen LogP) is 3.40. The molecular weight excluding hydrogens is 202 g/mol. The monoisotopic (exact) mass is 207 g/mol. The van der Waals surface area contributed by atoms with Crippen molar-refractivity contribution in [3.05, 3.63) is 51.5 Å². The minimum absolute atomic E-state index is 0.0880. The van der Waals surface area contributed by atoms with Crippen LogP contribution in [0.2, 0.25) is 5.02 Å². The van der Waals surface area contributed by atoms with E-state index in [-0.39, 0.29) is 5.69 Å². The van der Waals surface area contributed by atoms with Crippen molar-refractivity contribution in [2.75, 3.05) is 0 Å². The molecule has 0 fully saturated rings. The number of non-ortho nitro benzene ring substituents is 1. The summed E-state index contributed by atoms with van der Waals surface area (Å²) in [5.74, 6) is 0. The standard InChI is InChI=1S/C10H6ClNO2/c11-9-5-1-4-8-7(9)3-2-6-10(8)12(13)14/h1-6H. The average molecular weight is 208 g/mol. The minimum Gasteiger partial charge on any atom is -0.258 e. The molecule has 0 aromatic heterocycles. The Labute approximate surface area is 85.1 Å². The summed E-state index contributed by atoms with van der Waals surface area (Å²) in [5, 5.41) is 12.5. The predicted molar refractivity (Wildman–Crippen MR) is 55.6 cm³/mol. The lowest BCUT2D eigenvalue weighted by Crippen LogP contribution is -1.88. The van der Waals surface area contributed by atoms with Gasteiger partial charge in [-0.2, -0.15) is 0 Å². The Hall–Kier alpha value is -1.61. The second kappa shape index (κ2) is 3.27. The smallest absolute Gasteiger partial charge is 0.258 e. The Morgan fingerprint density at radius 2 is 1.71 bits per heavy atom.